The van der Waals surface area contributed by atoms with E-state index in [9.17, 15) is 8.42 Å². The molecule has 0 radical (unpaired) electrons. The third-order valence-electron chi connectivity index (χ3n) is 3.15. The van der Waals surface area contributed by atoms with Crippen LogP contribution in [0.25, 0.3) is 11.0 Å². The first-order chi connectivity index (χ1) is 9.93. The zero-order valence-corrected chi connectivity index (χ0v) is 14.1. The maximum absolute atomic E-state index is 12.7. The van der Waals surface area contributed by atoms with Gasteiger partial charge in [0.2, 0.25) is 0 Å². The van der Waals surface area contributed by atoms with Crippen molar-refractivity contribution in [1.82, 2.24) is 8.96 Å². The highest BCUT2D eigenvalue weighted by molar-refractivity contribution is 9.10. The molecule has 21 heavy (non-hydrogen) atoms. The van der Waals surface area contributed by atoms with Crippen molar-refractivity contribution < 1.29 is 8.42 Å². The first-order valence-electron chi connectivity index (χ1n) is 6.05. The van der Waals surface area contributed by atoms with Crippen LogP contribution >= 0.6 is 27.5 Å². The maximum Gasteiger partial charge on any atom is 0.269 e. The van der Waals surface area contributed by atoms with E-state index in [4.69, 9.17) is 11.6 Å². The minimum absolute atomic E-state index is 0.202. The molecule has 0 saturated heterocycles. The fourth-order valence-electron chi connectivity index (χ4n) is 2.07. The molecule has 0 aliphatic carbocycles. The molecule has 0 fully saturated rings. The Balaban J connectivity index is 2.35. The summed E-state index contributed by atoms with van der Waals surface area (Å²) in [6.45, 7) is 1.82. The molecule has 0 aliphatic heterocycles. The highest BCUT2D eigenvalue weighted by atomic mass is 79.9. The molecule has 7 heteroatoms. The zero-order chi connectivity index (χ0) is 15.2. The monoisotopic (exact) mass is 384 g/mol. The topological polar surface area (TPSA) is 52.0 Å². The van der Waals surface area contributed by atoms with Crippen LogP contribution in [0.3, 0.4) is 0 Å². The van der Waals surface area contributed by atoms with Gasteiger partial charge < -0.3 is 0 Å². The van der Waals surface area contributed by atoms with E-state index in [-0.39, 0.29) is 4.90 Å². The smallest absolute Gasteiger partial charge is 0.237 e. The van der Waals surface area contributed by atoms with Crippen LogP contribution in [0, 0.1) is 6.92 Å². The predicted molar refractivity (Wildman–Crippen MR) is 86.2 cm³/mol. The summed E-state index contributed by atoms with van der Waals surface area (Å²) in [6.07, 6.45) is 3.04. The SMILES string of the molecule is Cc1cnc2c(c(Br)cn2S(=O)(=O)c2ccccc2)c1Cl. The molecule has 0 saturated carbocycles. The number of aromatic nitrogens is 2. The molecule has 0 unspecified atom stereocenters. The summed E-state index contributed by atoms with van der Waals surface area (Å²) in [6, 6.07) is 8.22. The van der Waals surface area contributed by atoms with E-state index in [0.717, 1.165) is 9.54 Å². The minimum Gasteiger partial charge on any atom is -0.237 e. The summed E-state index contributed by atoms with van der Waals surface area (Å²) in [5.74, 6) is 0. The van der Waals surface area contributed by atoms with Gasteiger partial charge in [-0.3, -0.25) is 0 Å². The summed E-state index contributed by atoms with van der Waals surface area (Å²) in [4.78, 5) is 4.43. The Morgan fingerprint density at radius 2 is 1.90 bits per heavy atom. The van der Waals surface area contributed by atoms with Crippen molar-refractivity contribution in [2.24, 2.45) is 0 Å². The molecular formula is C14H10BrClN2O2S. The molecule has 0 N–H and O–H groups in total. The van der Waals surface area contributed by atoms with Gasteiger partial charge in [-0.05, 0) is 40.5 Å². The number of fused-ring (bicyclic) bond motifs is 1. The van der Waals surface area contributed by atoms with Crippen LogP contribution in [0.4, 0.5) is 0 Å². The number of halogens is 2. The predicted octanol–water partition coefficient (Wildman–Crippen LogP) is 4.00. The third kappa shape index (κ3) is 2.27. The molecule has 0 spiro atoms. The summed E-state index contributed by atoms with van der Waals surface area (Å²) in [5.41, 5.74) is 1.10. The van der Waals surface area contributed by atoms with E-state index in [0.29, 0.717) is 20.5 Å². The molecule has 3 rings (SSSR count). The van der Waals surface area contributed by atoms with Crippen LogP contribution in [0.2, 0.25) is 5.02 Å². The van der Waals surface area contributed by atoms with Crippen molar-refractivity contribution in [2.45, 2.75) is 11.8 Å². The standard InChI is InChI=1S/C14H10BrClN2O2S/c1-9-7-17-14-12(13(9)16)11(15)8-18(14)21(19,20)10-5-3-2-4-6-10/h2-8H,1H3. The highest BCUT2D eigenvalue weighted by Gasteiger charge is 2.23. The molecule has 0 aliphatic rings. The molecule has 2 heterocycles. The van der Waals surface area contributed by atoms with Crippen LogP contribution in [-0.4, -0.2) is 17.4 Å². The van der Waals surface area contributed by atoms with Gasteiger partial charge in [-0.1, -0.05) is 29.8 Å². The minimum atomic E-state index is -3.71. The van der Waals surface area contributed by atoms with Crippen LogP contribution in [0.5, 0.6) is 0 Å². The van der Waals surface area contributed by atoms with Gasteiger partial charge in [-0.15, -0.1) is 0 Å². The fraction of sp³-hybridized carbons (Fsp3) is 0.0714. The summed E-state index contributed by atoms with van der Waals surface area (Å²) in [7, 11) is -3.71. The van der Waals surface area contributed by atoms with Gasteiger partial charge in [0.15, 0.2) is 5.65 Å². The Morgan fingerprint density at radius 3 is 2.57 bits per heavy atom. The van der Waals surface area contributed by atoms with Gasteiger partial charge in [0.25, 0.3) is 10.0 Å². The van der Waals surface area contributed by atoms with Gasteiger partial charge >= 0.3 is 0 Å². The van der Waals surface area contributed by atoms with Gasteiger partial charge in [-0.2, -0.15) is 0 Å². The maximum atomic E-state index is 12.7. The van der Waals surface area contributed by atoms with E-state index in [1.807, 2.05) is 6.92 Å². The average molecular weight is 386 g/mol. The normalized spacial score (nSPS) is 12.0. The van der Waals surface area contributed by atoms with Crippen LogP contribution in [-0.2, 0) is 10.0 Å². The van der Waals surface area contributed by atoms with E-state index in [1.165, 1.54) is 6.20 Å². The molecule has 0 amide bonds. The lowest BCUT2D eigenvalue weighted by molar-refractivity contribution is 0.588. The Morgan fingerprint density at radius 1 is 1.24 bits per heavy atom. The number of nitrogens with zero attached hydrogens (tertiary/aromatic N) is 2. The van der Waals surface area contributed by atoms with Crippen molar-refractivity contribution in [3.05, 3.63) is 57.8 Å². The van der Waals surface area contributed by atoms with Crippen molar-refractivity contribution in [3.63, 3.8) is 0 Å². The molecule has 2 aromatic heterocycles. The number of benzene rings is 1. The average Bonchev–Trinajstić information content (AvgIpc) is 2.82. The fourth-order valence-corrected chi connectivity index (χ4v) is 4.47. The highest BCUT2D eigenvalue weighted by Crippen LogP contribution is 2.34. The van der Waals surface area contributed by atoms with Crippen LogP contribution < -0.4 is 0 Å². The molecule has 4 nitrogen and oxygen atoms in total. The first kappa shape index (κ1) is 14.6. The van der Waals surface area contributed by atoms with E-state index in [1.54, 1.807) is 36.5 Å². The van der Waals surface area contributed by atoms with E-state index >= 15 is 0 Å². The quantitative estimate of drug-likeness (QED) is 0.670. The Hall–Kier alpha value is -1.37. The second-order valence-electron chi connectivity index (χ2n) is 4.54. The van der Waals surface area contributed by atoms with Gasteiger partial charge in [0.1, 0.15) is 0 Å². The molecule has 1 aromatic carbocycles. The lowest BCUT2D eigenvalue weighted by Crippen LogP contribution is -2.12. The van der Waals surface area contributed by atoms with Gasteiger partial charge in [-0.25, -0.2) is 17.4 Å². The number of hydrogen-bond acceptors (Lipinski definition) is 3. The van der Waals surface area contributed by atoms with Crippen molar-refractivity contribution in [2.75, 3.05) is 0 Å². The molecule has 0 atom stereocenters. The van der Waals surface area contributed by atoms with Gasteiger partial charge in [0.05, 0.1) is 15.3 Å². The molecule has 108 valence electrons. The number of hydrogen-bond donors (Lipinski definition) is 0. The lowest BCUT2D eigenvalue weighted by Gasteiger charge is -2.07. The van der Waals surface area contributed by atoms with Gasteiger partial charge in [0, 0.05) is 16.9 Å². The van der Waals surface area contributed by atoms with Crippen LogP contribution in [0.15, 0.2) is 52.1 Å². The number of aryl methyl sites for hydroxylation is 1. The number of rotatable bonds is 2. The second kappa shape index (κ2) is 5.12. The third-order valence-corrected chi connectivity index (χ3v) is 5.90. The van der Waals surface area contributed by atoms with Crippen molar-refractivity contribution in [3.8, 4) is 0 Å². The first-order valence-corrected chi connectivity index (χ1v) is 8.66. The largest absolute Gasteiger partial charge is 0.269 e. The molecular weight excluding hydrogens is 376 g/mol. The van der Waals surface area contributed by atoms with E-state index < -0.39 is 10.0 Å². The van der Waals surface area contributed by atoms with E-state index in [2.05, 4.69) is 20.9 Å². The lowest BCUT2D eigenvalue weighted by atomic mass is 10.2. The Labute approximate surface area is 135 Å². The molecule has 0 bridgehead atoms. The Kier molecular flexibility index (Phi) is 3.55. The van der Waals surface area contributed by atoms with Crippen molar-refractivity contribution in [1.29, 1.82) is 0 Å². The zero-order valence-electron chi connectivity index (χ0n) is 10.9. The molecule has 3 aromatic rings. The summed E-state index contributed by atoms with van der Waals surface area (Å²) < 4.78 is 27.2. The number of pyridine rings is 1. The van der Waals surface area contributed by atoms with Crippen molar-refractivity contribution >= 4 is 48.6 Å². The summed E-state index contributed by atoms with van der Waals surface area (Å²) >= 11 is 9.62. The Bertz CT molecular complexity index is 937. The second-order valence-corrected chi connectivity index (χ2v) is 7.59. The summed E-state index contributed by atoms with van der Waals surface area (Å²) in [5, 5.41) is 1.09. The van der Waals surface area contributed by atoms with Crippen LogP contribution in [0.1, 0.15) is 5.56 Å².